The summed E-state index contributed by atoms with van der Waals surface area (Å²) >= 11 is 11.6. The number of benzene rings is 2. The van der Waals surface area contributed by atoms with Crippen LogP contribution in [0.4, 0.5) is 0 Å². The van der Waals surface area contributed by atoms with Crippen molar-refractivity contribution < 1.29 is 23.8 Å². The monoisotopic (exact) mass is 368 g/mol. The van der Waals surface area contributed by atoms with Crippen LogP contribution in [-0.2, 0) is 4.74 Å². The van der Waals surface area contributed by atoms with Crippen molar-refractivity contribution in [3.8, 4) is 11.5 Å². The first-order valence-electron chi connectivity index (χ1n) is 6.83. The number of ketones is 1. The quantitative estimate of drug-likeness (QED) is 0.568. The van der Waals surface area contributed by atoms with Gasteiger partial charge in [0.05, 0.1) is 35.4 Å². The van der Waals surface area contributed by atoms with Crippen LogP contribution in [0.2, 0.25) is 10.0 Å². The van der Waals surface area contributed by atoms with Crippen LogP contribution in [0.5, 0.6) is 11.5 Å². The third-order valence-electron chi connectivity index (χ3n) is 3.20. The first kappa shape index (κ1) is 18.1. The summed E-state index contributed by atoms with van der Waals surface area (Å²) in [6.45, 7) is -0.429. The molecule has 0 atom stereocenters. The van der Waals surface area contributed by atoms with Crippen LogP contribution in [0.3, 0.4) is 0 Å². The molecule has 2 rings (SSSR count). The topological polar surface area (TPSA) is 61.8 Å². The van der Waals surface area contributed by atoms with Crippen molar-refractivity contribution in [3.05, 3.63) is 57.6 Å². The number of hydrogen-bond acceptors (Lipinski definition) is 5. The van der Waals surface area contributed by atoms with Gasteiger partial charge in [0.15, 0.2) is 6.61 Å². The number of Topliss-reactive ketones (excluding diaryl/α,β-unsaturated/α-hetero) is 1. The second kappa shape index (κ2) is 8.04. The molecule has 0 aliphatic rings. The van der Waals surface area contributed by atoms with Crippen LogP contribution in [-0.4, -0.2) is 32.6 Å². The molecule has 0 aliphatic heterocycles. The summed E-state index contributed by atoms with van der Waals surface area (Å²) in [7, 11) is 2.95. The molecule has 0 fully saturated rings. The molecule has 126 valence electrons. The minimum atomic E-state index is -0.672. The van der Waals surface area contributed by atoms with E-state index in [0.717, 1.165) is 0 Å². The van der Waals surface area contributed by atoms with E-state index in [2.05, 4.69) is 0 Å². The van der Waals surface area contributed by atoms with E-state index in [1.807, 2.05) is 0 Å². The van der Waals surface area contributed by atoms with E-state index >= 15 is 0 Å². The van der Waals surface area contributed by atoms with Crippen molar-refractivity contribution in [1.82, 2.24) is 0 Å². The van der Waals surface area contributed by atoms with Crippen molar-refractivity contribution in [2.75, 3.05) is 20.8 Å². The van der Waals surface area contributed by atoms with Crippen molar-refractivity contribution in [2.45, 2.75) is 0 Å². The van der Waals surface area contributed by atoms with Gasteiger partial charge in [0.1, 0.15) is 11.5 Å². The Bertz CT molecular complexity index is 774. The van der Waals surface area contributed by atoms with Crippen LogP contribution in [0.1, 0.15) is 20.7 Å². The SMILES string of the molecule is COc1ccc(C(=O)COC(=O)c2ccc(Cl)c(Cl)c2)c(OC)c1. The van der Waals surface area contributed by atoms with Crippen LogP contribution in [0.25, 0.3) is 0 Å². The molecule has 24 heavy (non-hydrogen) atoms. The Morgan fingerprint density at radius 2 is 1.71 bits per heavy atom. The molecule has 5 nitrogen and oxygen atoms in total. The first-order valence-corrected chi connectivity index (χ1v) is 7.59. The van der Waals surface area contributed by atoms with Gasteiger partial charge in [-0.1, -0.05) is 23.2 Å². The third kappa shape index (κ3) is 4.19. The molecule has 0 spiro atoms. The van der Waals surface area contributed by atoms with Gasteiger partial charge < -0.3 is 14.2 Å². The zero-order valence-electron chi connectivity index (χ0n) is 13.0. The molecule has 0 saturated carbocycles. The fourth-order valence-electron chi connectivity index (χ4n) is 1.94. The van der Waals surface area contributed by atoms with Gasteiger partial charge >= 0.3 is 5.97 Å². The van der Waals surface area contributed by atoms with Gasteiger partial charge in [-0.05, 0) is 30.3 Å². The Morgan fingerprint density at radius 1 is 0.958 bits per heavy atom. The Balaban J connectivity index is 2.07. The van der Waals surface area contributed by atoms with Gasteiger partial charge in [-0.25, -0.2) is 4.79 Å². The first-order chi connectivity index (χ1) is 11.5. The van der Waals surface area contributed by atoms with E-state index in [4.69, 9.17) is 37.4 Å². The molecule has 0 amide bonds. The molecular formula is C17H14Cl2O5. The maximum Gasteiger partial charge on any atom is 0.338 e. The fourth-order valence-corrected chi connectivity index (χ4v) is 2.24. The number of hydrogen-bond donors (Lipinski definition) is 0. The molecule has 7 heteroatoms. The molecule has 0 saturated heterocycles. The molecular weight excluding hydrogens is 355 g/mol. The van der Waals surface area contributed by atoms with E-state index in [9.17, 15) is 9.59 Å². The average Bonchev–Trinajstić information content (AvgIpc) is 2.60. The van der Waals surface area contributed by atoms with E-state index in [-0.39, 0.29) is 10.6 Å². The summed E-state index contributed by atoms with van der Waals surface area (Å²) in [5.41, 5.74) is 0.499. The third-order valence-corrected chi connectivity index (χ3v) is 3.94. The van der Waals surface area contributed by atoms with Crippen molar-refractivity contribution in [3.63, 3.8) is 0 Å². The summed E-state index contributed by atoms with van der Waals surface area (Å²) in [5, 5.41) is 0.557. The summed E-state index contributed by atoms with van der Waals surface area (Å²) in [6, 6.07) is 9.08. The Labute approximate surface area is 149 Å². The lowest BCUT2D eigenvalue weighted by atomic mass is 10.1. The van der Waals surface area contributed by atoms with E-state index in [0.29, 0.717) is 22.1 Å². The Morgan fingerprint density at radius 3 is 2.33 bits per heavy atom. The molecule has 0 bridgehead atoms. The number of ether oxygens (including phenoxy) is 3. The number of esters is 1. The van der Waals surface area contributed by atoms with Crippen LogP contribution in [0, 0.1) is 0 Å². The van der Waals surface area contributed by atoms with Crippen LogP contribution in [0.15, 0.2) is 36.4 Å². The van der Waals surface area contributed by atoms with Gasteiger partial charge in [0.25, 0.3) is 0 Å². The highest BCUT2D eigenvalue weighted by Crippen LogP contribution is 2.25. The summed E-state index contributed by atoms with van der Waals surface area (Å²) in [6.07, 6.45) is 0. The molecule has 0 heterocycles. The summed E-state index contributed by atoms with van der Waals surface area (Å²) in [4.78, 5) is 24.2. The predicted octanol–water partition coefficient (Wildman–Crippen LogP) is 4.05. The summed E-state index contributed by atoms with van der Waals surface area (Å²) < 4.78 is 15.2. The number of carbonyl (C=O) groups excluding carboxylic acids is 2. The number of carbonyl (C=O) groups is 2. The molecule has 2 aromatic carbocycles. The van der Waals surface area contributed by atoms with Crippen LogP contribution < -0.4 is 9.47 Å². The van der Waals surface area contributed by atoms with E-state index in [1.165, 1.54) is 32.4 Å². The van der Waals surface area contributed by atoms with Crippen molar-refractivity contribution >= 4 is 35.0 Å². The molecule has 0 aliphatic carbocycles. The lowest BCUT2D eigenvalue weighted by Gasteiger charge is -2.10. The lowest BCUT2D eigenvalue weighted by molar-refractivity contribution is 0.0474. The van der Waals surface area contributed by atoms with Gasteiger partial charge in [0.2, 0.25) is 5.78 Å². The second-order valence-corrected chi connectivity index (χ2v) is 5.51. The molecule has 2 aromatic rings. The van der Waals surface area contributed by atoms with Gasteiger partial charge in [-0.3, -0.25) is 4.79 Å². The van der Waals surface area contributed by atoms with Crippen LogP contribution >= 0.6 is 23.2 Å². The highest BCUT2D eigenvalue weighted by atomic mass is 35.5. The molecule has 0 radical (unpaired) electrons. The lowest BCUT2D eigenvalue weighted by Crippen LogP contribution is -2.15. The number of halogens is 2. The standard InChI is InChI=1S/C17H14Cl2O5/c1-22-11-4-5-12(16(8-11)23-2)15(20)9-24-17(21)10-3-6-13(18)14(19)7-10/h3-8H,9H2,1-2H3. The smallest absolute Gasteiger partial charge is 0.338 e. The highest BCUT2D eigenvalue weighted by Gasteiger charge is 2.17. The van der Waals surface area contributed by atoms with Gasteiger partial charge in [-0.15, -0.1) is 0 Å². The maximum absolute atomic E-state index is 12.2. The normalized spacial score (nSPS) is 10.2. The van der Waals surface area contributed by atoms with Gasteiger partial charge in [0, 0.05) is 6.07 Å². The zero-order chi connectivity index (χ0) is 17.7. The van der Waals surface area contributed by atoms with Gasteiger partial charge in [-0.2, -0.15) is 0 Å². The minimum Gasteiger partial charge on any atom is -0.497 e. The number of rotatable bonds is 6. The highest BCUT2D eigenvalue weighted by molar-refractivity contribution is 6.42. The molecule has 0 N–H and O–H groups in total. The van der Waals surface area contributed by atoms with E-state index < -0.39 is 18.4 Å². The summed E-state index contributed by atoms with van der Waals surface area (Å²) in [5.74, 6) is -0.182. The van der Waals surface area contributed by atoms with E-state index in [1.54, 1.807) is 18.2 Å². The predicted molar refractivity (Wildman–Crippen MR) is 90.6 cm³/mol. The fraction of sp³-hybridized carbons (Fsp3) is 0.176. The Hall–Kier alpha value is -2.24. The van der Waals surface area contributed by atoms with Crippen molar-refractivity contribution in [1.29, 1.82) is 0 Å². The Kier molecular flexibility index (Phi) is 6.06. The van der Waals surface area contributed by atoms with Crippen molar-refractivity contribution in [2.24, 2.45) is 0 Å². The second-order valence-electron chi connectivity index (χ2n) is 4.69. The molecule has 0 aromatic heterocycles. The largest absolute Gasteiger partial charge is 0.497 e. The minimum absolute atomic E-state index is 0.207. The molecule has 0 unspecified atom stereocenters. The zero-order valence-corrected chi connectivity index (χ0v) is 14.5. The average molecular weight is 369 g/mol. The number of methoxy groups -OCH3 is 2. The maximum atomic E-state index is 12.2.